The van der Waals surface area contributed by atoms with Gasteiger partial charge in [0.15, 0.2) is 5.78 Å². The number of thioether (sulfide) groups is 1. The first kappa shape index (κ1) is 14.0. The fourth-order valence-corrected chi connectivity index (χ4v) is 2.41. The highest BCUT2D eigenvalue weighted by molar-refractivity contribution is 8.00. The van der Waals surface area contributed by atoms with E-state index in [1.807, 2.05) is 0 Å². The van der Waals surface area contributed by atoms with Crippen molar-refractivity contribution in [2.45, 2.75) is 4.90 Å². The van der Waals surface area contributed by atoms with E-state index in [2.05, 4.69) is 0 Å². The fraction of sp³-hybridized carbons (Fsp3) is 0.0714. The molecule has 0 aliphatic rings. The predicted octanol–water partition coefficient (Wildman–Crippen LogP) is 4.59. The number of hydrogen-bond acceptors (Lipinski definition) is 2. The van der Waals surface area contributed by atoms with Gasteiger partial charge in [-0.3, -0.25) is 4.79 Å². The molecule has 0 unspecified atom stereocenters. The molecule has 1 nitrogen and oxygen atoms in total. The van der Waals surface area contributed by atoms with E-state index in [-0.39, 0.29) is 27.9 Å². The van der Waals surface area contributed by atoms with Crippen molar-refractivity contribution in [1.82, 2.24) is 0 Å². The minimum atomic E-state index is -0.628. The topological polar surface area (TPSA) is 17.1 Å². The van der Waals surface area contributed by atoms with Crippen molar-refractivity contribution < 1.29 is 13.6 Å². The standard InChI is InChI=1S/C14H9ClF2OS/c15-9-1-6-12(13(17)7-9)14(18)8-19-11-4-2-10(16)3-5-11/h1-7H,8H2. The predicted molar refractivity (Wildman–Crippen MR) is 72.9 cm³/mol. The summed E-state index contributed by atoms with van der Waals surface area (Å²) in [6, 6.07) is 9.73. The third-order valence-electron chi connectivity index (χ3n) is 2.42. The van der Waals surface area contributed by atoms with Crippen LogP contribution in [0.25, 0.3) is 0 Å². The van der Waals surface area contributed by atoms with Gasteiger partial charge in [-0.1, -0.05) is 11.6 Å². The maximum atomic E-state index is 13.5. The van der Waals surface area contributed by atoms with E-state index in [0.29, 0.717) is 0 Å². The molecule has 2 rings (SSSR count). The van der Waals surface area contributed by atoms with Gasteiger partial charge in [-0.15, -0.1) is 11.8 Å². The summed E-state index contributed by atoms with van der Waals surface area (Å²) in [5.41, 5.74) is 0.0130. The lowest BCUT2D eigenvalue weighted by molar-refractivity contribution is 0.101. The van der Waals surface area contributed by atoms with Gasteiger partial charge in [0.1, 0.15) is 11.6 Å². The SMILES string of the molecule is O=C(CSc1ccc(F)cc1)c1ccc(Cl)cc1F. The fourth-order valence-electron chi connectivity index (χ4n) is 1.47. The minimum Gasteiger partial charge on any atom is -0.293 e. The molecule has 2 aromatic rings. The summed E-state index contributed by atoms with van der Waals surface area (Å²) in [7, 11) is 0. The molecule has 0 spiro atoms. The first-order chi connectivity index (χ1) is 9.06. The van der Waals surface area contributed by atoms with E-state index in [4.69, 9.17) is 11.6 Å². The molecule has 98 valence electrons. The van der Waals surface area contributed by atoms with Crippen LogP contribution in [0.4, 0.5) is 8.78 Å². The summed E-state index contributed by atoms with van der Waals surface area (Å²) in [6.45, 7) is 0. The van der Waals surface area contributed by atoms with E-state index in [1.165, 1.54) is 36.0 Å². The number of rotatable bonds is 4. The van der Waals surface area contributed by atoms with Crippen LogP contribution in [-0.2, 0) is 0 Å². The van der Waals surface area contributed by atoms with Crippen LogP contribution >= 0.6 is 23.4 Å². The second-order valence-electron chi connectivity index (χ2n) is 3.79. The zero-order chi connectivity index (χ0) is 13.8. The van der Waals surface area contributed by atoms with Crippen LogP contribution in [0.2, 0.25) is 5.02 Å². The molecule has 2 aromatic carbocycles. The molecule has 0 aromatic heterocycles. The van der Waals surface area contributed by atoms with Crippen LogP contribution in [-0.4, -0.2) is 11.5 Å². The van der Waals surface area contributed by atoms with Crippen molar-refractivity contribution in [3.8, 4) is 0 Å². The Hall–Kier alpha value is -1.39. The van der Waals surface area contributed by atoms with Crippen molar-refractivity contribution in [2.24, 2.45) is 0 Å². The Bertz CT molecular complexity index is 599. The summed E-state index contributed by atoms with van der Waals surface area (Å²) in [4.78, 5) is 12.6. The van der Waals surface area contributed by atoms with Gasteiger partial charge in [0, 0.05) is 9.92 Å². The maximum absolute atomic E-state index is 13.5. The highest BCUT2D eigenvalue weighted by Crippen LogP contribution is 2.21. The molecule has 0 heterocycles. The van der Waals surface area contributed by atoms with Gasteiger partial charge in [0.05, 0.1) is 11.3 Å². The van der Waals surface area contributed by atoms with Gasteiger partial charge < -0.3 is 0 Å². The van der Waals surface area contributed by atoms with Crippen LogP contribution in [0.1, 0.15) is 10.4 Å². The molecule has 0 N–H and O–H groups in total. The third kappa shape index (κ3) is 3.78. The Labute approximate surface area is 118 Å². The lowest BCUT2D eigenvalue weighted by atomic mass is 10.1. The summed E-state index contributed by atoms with van der Waals surface area (Å²) < 4.78 is 26.2. The molecule has 0 saturated heterocycles. The molecular weight excluding hydrogens is 290 g/mol. The molecule has 0 aliphatic heterocycles. The molecule has 0 aliphatic carbocycles. The van der Waals surface area contributed by atoms with Crippen molar-refractivity contribution in [1.29, 1.82) is 0 Å². The van der Waals surface area contributed by atoms with Crippen molar-refractivity contribution >= 4 is 29.1 Å². The molecule has 0 saturated carbocycles. The summed E-state index contributed by atoms with van der Waals surface area (Å²) in [5, 5.41) is 0.250. The van der Waals surface area contributed by atoms with Gasteiger partial charge in [0.25, 0.3) is 0 Å². The van der Waals surface area contributed by atoms with E-state index < -0.39 is 5.82 Å². The van der Waals surface area contributed by atoms with Crippen LogP contribution in [0.15, 0.2) is 47.4 Å². The lowest BCUT2D eigenvalue weighted by Gasteiger charge is -2.03. The van der Waals surface area contributed by atoms with Crippen LogP contribution in [0, 0.1) is 11.6 Å². The molecule has 0 bridgehead atoms. The Kier molecular flexibility index (Phi) is 4.56. The summed E-state index contributed by atoms with van der Waals surface area (Å²) in [5.74, 6) is -1.20. The van der Waals surface area contributed by atoms with E-state index >= 15 is 0 Å². The first-order valence-electron chi connectivity index (χ1n) is 5.43. The average Bonchev–Trinajstić information content (AvgIpc) is 2.37. The number of carbonyl (C=O) groups excluding carboxylic acids is 1. The summed E-state index contributed by atoms with van der Waals surface area (Å²) >= 11 is 6.85. The van der Waals surface area contributed by atoms with Crippen LogP contribution in [0.5, 0.6) is 0 Å². The number of halogens is 3. The molecule has 0 amide bonds. The molecular formula is C14H9ClF2OS. The van der Waals surface area contributed by atoms with E-state index in [9.17, 15) is 13.6 Å². The number of hydrogen-bond donors (Lipinski definition) is 0. The molecule has 19 heavy (non-hydrogen) atoms. The first-order valence-corrected chi connectivity index (χ1v) is 6.79. The molecule has 0 atom stereocenters. The van der Waals surface area contributed by atoms with Gasteiger partial charge in [-0.05, 0) is 42.5 Å². The van der Waals surface area contributed by atoms with Gasteiger partial charge in [-0.25, -0.2) is 8.78 Å². The number of benzene rings is 2. The Morgan fingerprint density at radius 1 is 1.11 bits per heavy atom. The van der Waals surface area contributed by atoms with Crippen LogP contribution in [0.3, 0.4) is 0 Å². The lowest BCUT2D eigenvalue weighted by Crippen LogP contribution is -2.05. The van der Waals surface area contributed by atoms with Crippen LogP contribution < -0.4 is 0 Å². The monoisotopic (exact) mass is 298 g/mol. The number of carbonyl (C=O) groups is 1. The Morgan fingerprint density at radius 3 is 2.42 bits per heavy atom. The average molecular weight is 299 g/mol. The third-order valence-corrected chi connectivity index (χ3v) is 3.66. The van der Waals surface area contributed by atoms with Gasteiger partial charge >= 0.3 is 0 Å². The van der Waals surface area contributed by atoms with E-state index in [0.717, 1.165) is 11.0 Å². The Balaban J connectivity index is 2.03. The van der Waals surface area contributed by atoms with Crippen molar-refractivity contribution in [2.75, 3.05) is 5.75 Å². The Morgan fingerprint density at radius 2 is 1.79 bits per heavy atom. The normalized spacial score (nSPS) is 10.5. The zero-order valence-electron chi connectivity index (χ0n) is 9.70. The van der Waals surface area contributed by atoms with Crippen molar-refractivity contribution in [3.63, 3.8) is 0 Å². The molecule has 5 heteroatoms. The summed E-state index contributed by atoms with van der Waals surface area (Å²) in [6.07, 6.45) is 0. The second-order valence-corrected chi connectivity index (χ2v) is 5.28. The molecule has 0 radical (unpaired) electrons. The zero-order valence-corrected chi connectivity index (χ0v) is 11.3. The molecule has 0 fully saturated rings. The highest BCUT2D eigenvalue weighted by atomic mass is 35.5. The van der Waals surface area contributed by atoms with E-state index in [1.54, 1.807) is 12.1 Å². The number of Topliss-reactive ketones (excluding diaryl/α,β-unsaturated/α-hetero) is 1. The largest absolute Gasteiger partial charge is 0.293 e. The quantitative estimate of drug-likeness (QED) is 0.606. The smallest absolute Gasteiger partial charge is 0.176 e. The minimum absolute atomic E-state index is 0.0130. The number of ketones is 1. The second kappa shape index (κ2) is 6.17. The van der Waals surface area contributed by atoms with Crippen molar-refractivity contribution in [3.05, 3.63) is 64.7 Å². The maximum Gasteiger partial charge on any atom is 0.176 e. The van der Waals surface area contributed by atoms with Gasteiger partial charge in [0.2, 0.25) is 0 Å². The highest BCUT2D eigenvalue weighted by Gasteiger charge is 2.12. The van der Waals surface area contributed by atoms with Gasteiger partial charge in [-0.2, -0.15) is 0 Å².